The van der Waals surface area contributed by atoms with Crippen molar-refractivity contribution < 1.29 is 9.47 Å². The van der Waals surface area contributed by atoms with E-state index in [0.717, 1.165) is 24.5 Å². The van der Waals surface area contributed by atoms with Crippen LogP contribution >= 0.6 is 0 Å². The van der Waals surface area contributed by atoms with Crippen molar-refractivity contribution in [3.63, 3.8) is 0 Å². The van der Waals surface area contributed by atoms with Gasteiger partial charge in [-0.05, 0) is 30.7 Å². The smallest absolute Gasteiger partial charge is 0.119 e. The van der Waals surface area contributed by atoms with Crippen LogP contribution in [-0.2, 0) is 4.74 Å². The first-order valence-electron chi connectivity index (χ1n) is 6.89. The summed E-state index contributed by atoms with van der Waals surface area (Å²) in [4.78, 5) is 0. The van der Waals surface area contributed by atoms with Crippen molar-refractivity contribution >= 4 is 5.69 Å². The lowest BCUT2D eigenvalue weighted by atomic mass is 10.2. The predicted molar refractivity (Wildman–Crippen MR) is 75.9 cm³/mol. The molecule has 0 fully saturated rings. The number of ether oxygens (including phenoxy) is 2. The van der Waals surface area contributed by atoms with Gasteiger partial charge >= 0.3 is 0 Å². The van der Waals surface area contributed by atoms with E-state index in [-0.39, 0.29) is 0 Å². The Balaban J connectivity index is 1.91. The zero-order valence-electron chi connectivity index (χ0n) is 11.4. The topological polar surface area (TPSA) is 44.5 Å². The molecule has 102 valence electrons. The minimum Gasteiger partial charge on any atom is -0.491 e. The number of anilines is 1. The molecule has 3 heteroatoms. The van der Waals surface area contributed by atoms with E-state index in [1.165, 1.54) is 25.7 Å². The van der Waals surface area contributed by atoms with Gasteiger partial charge in [0.2, 0.25) is 0 Å². The van der Waals surface area contributed by atoms with Gasteiger partial charge in [-0.3, -0.25) is 0 Å². The lowest BCUT2D eigenvalue weighted by Gasteiger charge is -2.07. The molecule has 0 saturated carbocycles. The summed E-state index contributed by atoms with van der Waals surface area (Å²) >= 11 is 0. The van der Waals surface area contributed by atoms with E-state index in [1.807, 2.05) is 24.3 Å². The second kappa shape index (κ2) is 9.77. The second-order valence-electron chi connectivity index (χ2n) is 4.44. The van der Waals surface area contributed by atoms with E-state index >= 15 is 0 Å². The van der Waals surface area contributed by atoms with Crippen LogP contribution < -0.4 is 10.5 Å². The number of nitrogen functional groups attached to an aromatic ring is 1. The van der Waals surface area contributed by atoms with Gasteiger partial charge in [0, 0.05) is 12.3 Å². The van der Waals surface area contributed by atoms with E-state index < -0.39 is 0 Å². The van der Waals surface area contributed by atoms with Crippen LogP contribution in [0.5, 0.6) is 5.75 Å². The molecule has 2 N–H and O–H groups in total. The third kappa shape index (κ3) is 7.17. The maximum Gasteiger partial charge on any atom is 0.119 e. The third-order valence-electron chi connectivity index (χ3n) is 2.77. The first kappa shape index (κ1) is 14.8. The molecule has 0 saturated heterocycles. The van der Waals surface area contributed by atoms with Crippen LogP contribution in [-0.4, -0.2) is 19.8 Å². The summed E-state index contributed by atoms with van der Waals surface area (Å²) in [5.41, 5.74) is 6.35. The fourth-order valence-electron chi connectivity index (χ4n) is 1.69. The maximum atomic E-state index is 5.59. The van der Waals surface area contributed by atoms with Crippen molar-refractivity contribution in [2.45, 2.75) is 39.0 Å². The fourth-order valence-corrected chi connectivity index (χ4v) is 1.69. The van der Waals surface area contributed by atoms with E-state index in [1.54, 1.807) is 0 Å². The molecule has 0 heterocycles. The number of benzene rings is 1. The highest BCUT2D eigenvalue weighted by Crippen LogP contribution is 2.12. The fraction of sp³-hybridized carbons (Fsp3) is 0.600. The van der Waals surface area contributed by atoms with Crippen molar-refractivity contribution in [2.24, 2.45) is 0 Å². The minimum absolute atomic E-state index is 0.596. The molecule has 1 aromatic rings. The Labute approximate surface area is 110 Å². The third-order valence-corrected chi connectivity index (χ3v) is 2.77. The average molecular weight is 251 g/mol. The highest BCUT2D eigenvalue weighted by molar-refractivity contribution is 5.41. The summed E-state index contributed by atoms with van der Waals surface area (Å²) in [6.07, 6.45) is 6.37. The monoisotopic (exact) mass is 251 g/mol. The van der Waals surface area contributed by atoms with Gasteiger partial charge < -0.3 is 15.2 Å². The number of unbranched alkanes of at least 4 members (excludes halogenated alkanes) is 4. The molecule has 18 heavy (non-hydrogen) atoms. The van der Waals surface area contributed by atoms with Crippen LogP contribution in [0.2, 0.25) is 0 Å². The largest absolute Gasteiger partial charge is 0.491 e. The van der Waals surface area contributed by atoms with Crippen LogP contribution in [0.15, 0.2) is 24.3 Å². The molecule has 1 rings (SSSR count). The van der Waals surface area contributed by atoms with Gasteiger partial charge in [0.25, 0.3) is 0 Å². The van der Waals surface area contributed by atoms with Gasteiger partial charge in [-0.2, -0.15) is 0 Å². The SMILES string of the molecule is CCCCCCCOCCOc1ccc(N)cc1. The molecule has 0 aliphatic heterocycles. The Morgan fingerprint density at radius 3 is 2.33 bits per heavy atom. The van der Waals surface area contributed by atoms with E-state index in [2.05, 4.69) is 6.92 Å². The zero-order chi connectivity index (χ0) is 13.1. The van der Waals surface area contributed by atoms with Crippen LogP contribution in [0, 0.1) is 0 Å². The summed E-state index contributed by atoms with van der Waals surface area (Å²) < 4.78 is 11.0. The van der Waals surface area contributed by atoms with Crippen LogP contribution in [0.25, 0.3) is 0 Å². The van der Waals surface area contributed by atoms with Crippen molar-refractivity contribution in [3.05, 3.63) is 24.3 Å². The van der Waals surface area contributed by atoms with Crippen molar-refractivity contribution in [2.75, 3.05) is 25.6 Å². The molecule has 0 aliphatic carbocycles. The molecule has 1 aromatic carbocycles. The van der Waals surface area contributed by atoms with Crippen molar-refractivity contribution in [1.82, 2.24) is 0 Å². The number of rotatable bonds is 10. The van der Waals surface area contributed by atoms with Crippen LogP contribution in [0.3, 0.4) is 0 Å². The molecular formula is C15H25NO2. The van der Waals surface area contributed by atoms with Crippen molar-refractivity contribution in [3.8, 4) is 5.75 Å². The molecule has 3 nitrogen and oxygen atoms in total. The molecule has 0 amide bonds. The molecule has 0 atom stereocenters. The summed E-state index contributed by atoms with van der Waals surface area (Å²) in [6, 6.07) is 7.42. The van der Waals surface area contributed by atoms with Gasteiger partial charge in [-0.1, -0.05) is 32.6 Å². The molecule has 0 radical (unpaired) electrons. The van der Waals surface area contributed by atoms with Gasteiger partial charge in [-0.25, -0.2) is 0 Å². The van der Waals surface area contributed by atoms with Gasteiger partial charge in [0.05, 0.1) is 6.61 Å². The summed E-state index contributed by atoms with van der Waals surface area (Å²) in [5.74, 6) is 0.843. The Bertz CT molecular complexity index is 298. The normalized spacial score (nSPS) is 10.5. The van der Waals surface area contributed by atoms with E-state index in [0.29, 0.717) is 13.2 Å². The first-order chi connectivity index (χ1) is 8.83. The molecule has 0 bridgehead atoms. The number of hydrogen-bond donors (Lipinski definition) is 1. The predicted octanol–water partition coefficient (Wildman–Crippen LogP) is 3.63. The zero-order valence-corrected chi connectivity index (χ0v) is 11.4. The maximum absolute atomic E-state index is 5.59. The van der Waals surface area contributed by atoms with E-state index in [4.69, 9.17) is 15.2 Å². The average Bonchev–Trinajstić information content (AvgIpc) is 2.39. The van der Waals surface area contributed by atoms with Gasteiger partial charge in [-0.15, -0.1) is 0 Å². The molecule has 0 unspecified atom stereocenters. The summed E-state index contributed by atoms with van der Waals surface area (Å²) in [7, 11) is 0. The first-order valence-corrected chi connectivity index (χ1v) is 6.89. The van der Waals surface area contributed by atoms with Crippen LogP contribution in [0.1, 0.15) is 39.0 Å². The molecule has 0 spiro atoms. The summed E-state index contributed by atoms with van der Waals surface area (Å²) in [5, 5.41) is 0. The Morgan fingerprint density at radius 2 is 1.61 bits per heavy atom. The lowest BCUT2D eigenvalue weighted by molar-refractivity contribution is 0.0971. The minimum atomic E-state index is 0.596. The Morgan fingerprint density at radius 1 is 0.889 bits per heavy atom. The highest BCUT2D eigenvalue weighted by atomic mass is 16.5. The lowest BCUT2D eigenvalue weighted by Crippen LogP contribution is -2.07. The number of nitrogens with two attached hydrogens (primary N) is 1. The van der Waals surface area contributed by atoms with Gasteiger partial charge in [0.1, 0.15) is 12.4 Å². The highest BCUT2D eigenvalue weighted by Gasteiger charge is 1.94. The standard InChI is InChI=1S/C15H25NO2/c1-2-3-4-5-6-11-17-12-13-18-15-9-7-14(16)8-10-15/h7-10H,2-6,11-13,16H2,1H3. The summed E-state index contributed by atoms with van der Waals surface area (Å²) in [6.45, 7) is 4.32. The van der Waals surface area contributed by atoms with Crippen LogP contribution in [0.4, 0.5) is 5.69 Å². The second-order valence-corrected chi connectivity index (χ2v) is 4.44. The van der Waals surface area contributed by atoms with Gasteiger partial charge in [0.15, 0.2) is 0 Å². The van der Waals surface area contributed by atoms with E-state index in [9.17, 15) is 0 Å². The molecule has 0 aromatic heterocycles. The Kier molecular flexibility index (Phi) is 8.06. The molecule has 0 aliphatic rings. The van der Waals surface area contributed by atoms with Crippen molar-refractivity contribution in [1.29, 1.82) is 0 Å². The quantitative estimate of drug-likeness (QED) is 0.510. The Hall–Kier alpha value is -1.22. The molecular weight excluding hydrogens is 226 g/mol. The number of hydrogen-bond acceptors (Lipinski definition) is 3.